The minimum absolute atomic E-state index is 0.312. The molecular weight excluding hydrogens is 421 g/mol. The second kappa shape index (κ2) is 11.1. The Kier molecular flexibility index (Phi) is 8.85. The third-order valence-electron chi connectivity index (χ3n) is 3.22. The Morgan fingerprint density at radius 3 is 1.81 bits per heavy atom. The standard InChI is InChI=1S/C19H14Cl2N2.2CH3.Ga/c20-15-6-10-17(11-7-15)22-19(14-4-2-1-3-5-14)23-18-12-8-16(21)9-13-18;;;/h1-13H,(H,22,23);2*1H3;. The summed E-state index contributed by atoms with van der Waals surface area (Å²) in [5.74, 6) is 0.759. The fourth-order valence-corrected chi connectivity index (χ4v) is 2.33. The molecule has 0 aliphatic rings. The van der Waals surface area contributed by atoms with Crippen LogP contribution in [0.5, 0.6) is 0 Å². The maximum atomic E-state index is 5.94. The topological polar surface area (TPSA) is 24.4 Å². The van der Waals surface area contributed by atoms with Crippen LogP contribution in [0.15, 0.2) is 83.9 Å². The van der Waals surface area contributed by atoms with E-state index < -0.39 is 0 Å². The van der Waals surface area contributed by atoms with Crippen molar-refractivity contribution >= 4 is 57.8 Å². The quantitative estimate of drug-likeness (QED) is 0.265. The van der Waals surface area contributed by atoms with Crippen molar-refractivity contribution in [1.82, 2.24) is 0 Å². The van der Waals surface area contributed by atoms with Gasteiger partial charge in [0.05, 0.1) is 5.69 Å². The number of benzene rings is 3. The summed E-state index contributed by atoms with van der Waals surface area (Å²) in [7, 11) is 0. The van der Waals surface area contributed by atoms with E-state index in [0.29, 0.717) is 27.5 Å². The molecule has 0 aliphatic heterocycles. The summed E-state index contributed by atoms with van der Waals surface area (Å²) in [5, 5.41) is 4.74. The Balaban J connectivity index is 0.000000758. The number of aliphatic imine (C=N–C) groups is 1. The van der Waals surface area contributed by atoms with E-state index in [2.05, 4.69) is 16.3 Å². The summed E-state index contributed by atoms with van der Waals surface area (Å²) in [4.78, 5) is 4.70. The first-order chi connectivity index (χ1) is 12.6. The van der Waals surface area contributed by atoms with Crippen LogP contribution in [0, 0.1) is 0 Å². The third kappa shape index (κ3) is 6.92. The molecule has 0 saturated carbocycles. The summed E-state index contributed by atoms with van der Waals surface area (Å²) >= 11 is 12.2. The molecular formula is C21H20Cl2GaN2. The first-order valence-electron chi connectivity index (χ1n) is 8.28. The SMILES string of the molecule is Clc1ccc(N=C(Nc2ccc(Cl)cc2)c2ccccc2)cc1.[CH3][Ga][CH3]. The van der Waals surface area contributed by atoms with E-state index in [1.54, 1.807) is 0 Å². The van der Waals surface area contributed by atoms with Gasteiger partial charge < -0.3 is 5.32 Å². The molecule has 0 atom stereocenters. The number of halogens is 2. The zero-order valence-electron chi connectivity index (χ0n) is 14.8. The maximum absolute atomic E-state index is 5.94. The molecule has 0 bridgehead atoms. The summed E-state index contributed by atoms with van der Waals surface area (Å²) in [5.41, 5.74) is 7.31. The van der Waals surface area contributed by atoms with Crippen LogP contribution in [-0.4, -0.2) is 23.2 Å². The molecule has 0 amide bonds. The van der Waals surface area contributed by atoms with Crippen molar-refractivity contribution in [2.75, 3.05) is 5.32 Å². The summed E-state index contributed by atoms with van der Waals surface area (Å²) in [6.45, 7) is 0. The Labute approximate surface area is 173 Å². The van der Waals surface area contributed by atoms with Crippen molar-refractivity contribution in [3.8, 4) is 0 Å². The summed E-state index contributed by atoms with van der Waals surface area (Å²) < 4.78 is 0. The Morgan fingerprint density at radius 1 is 0.769 bits per heavy atom. The summed E-state index contributed by atoms with van der Waals surface area (Å²) in [6.07, 6.45) is 0. The fourth-order valence-electron chi connectivity index (χ4n) is 2.08. The van der Waals surface area contributed by atoms with Gasteiger partial charge in [0.1, 0.15) is 5.84 Å². The van der Waals surface area contributed by atoms with Crippen LogP contribution >= 0.6 is 23.2 Å². The van der Waals surface area contributed by atoms with Crippen molar-refractivity contribution in [3.63, 3.8) is 0 Å². The van der Waals surface area contributed by atoms with Gasteiger partial charge in [0.15, 0.2) is 0 Å². The Bertz CT molecular complexity index is 817. The van der Waals surface area contributed by atoms with Crippen LogP contribution in [0.4, 0.5) is 11.4 Å². The molecule has 3 aromatic carbocycles. The first-order valence-corrected chi connectivity index (χ1v) is 13.9. The van der Waals surface area contributed by atoms with E-state index >= 15 is 0 Å². The van der Waals surface area contributed by atoms with Gasteiger partial charge in [0, 0.05) is 21.3 Å². The second-order valence-corrected chi connectivity index (χ2v) is 8.81. The van der Waals surface area contributed by atoms with Crippen LogP contribution in [0.2, 0.25) is 21.0 Å². The number of rotatable bonds is 3. The van der Waals surface area contributed by atoms with Crippen LogP contribution in [-0.2, 0) is 0 Å². The van der Waals surface area contributed by atoms with Crippen molar-refractivity contribution in [2.24, 2.45) is 4.99 Å². The zero-order valence-corrected chi connectivity index (χ0v) is 18.7. The molecule has 0 fully saturated rings. The third-order valence-corrected chi connectivity index (χ3v) is 3.73. The van der Waals surface area contributed by atoms with Gasteiger partial charge in [-0.25, -0.2) is 4.99 Å². The van der Waals surface area contributed by atoms with Crippen molar-refractivity contribution < 1.29 is 0 Å². The monoisotopic (exact) mass is 439 g/mol. The zero-order chi connectivity index (χ0) is 18.8. The molecule has 0 unspecified atom stereocenters. The van der Waals surface area contributed by atoms with Gasteiger partial charge in [-0.15, -0.1) is 0 Å². The molecule has 5 heteroatoms. The van der Waals surface area contributed by atoms with Gasteiger partial charge in [-0.3, -0.25) is 0 Å². The predicted molar refractivity (Wildman–Crippen MR) is 117 cm³/mol. The van der Waals surface area contributed by atoms with Gasteiger partial charge in [-0.05, 0) is 48.5 Å². The molecule has 0 aliphatic carbocycles. The average molecular weight is 441 g/mol. The van der Waals surface area contributed by atoms with Crippen LogP contribution in [0.25, 0.3) is 0 Å². The van der Waals surface area contributed by atoms with E-state index in [4.69, 9.17) is 28.2 Å². The molecule has 3 aromatic rings. The number of amidine groups is 1. The predicted octanol–water partition coefficient (Wildman–Crippen LogP) is 6.97. The molecule has 0 saturated heterocycles. The van der Waals surface area contributed by atoms with Gasteiger partial charge in [0.2, 0.25) is 0 Å². The molecule has 26 heavy (non-hydrogen) atoms. The van der Waals surface area contributed by atoms with E-state index in [1.165, 1.54) is 0 Å². The molecule has 1 radical (unpaired) electrons. The second-order valence-electron chi connectivity index (χ2n) is 5.51. The van der Waals surface area contributed by atoms with Gasteiger partial charge in [0.25, 0.3) is 0 Å². The van der Waals surface area contributed by atoms with E-state index in [9.17, 15) is 0 Å². The Morgan fingerprint density at radius 2 is 1.27 bits per heavy atom. The van der Waals surface area contributed by atoms with E-state index in [-0.39, 0.29) is 0 Å². The van der Waals surface area contributed by atoms with E-state index in [0.717, 1.165) is 22.8 Å². The normalized spacial score (nSPS) is 10.5. The minimum atomic E-state index is 0.312. The van der Waals surface area contributed by atoms with Crippen molar-refractivity contribution in [2.45, 2.75) is 11.0 Å². The number of hydrogen-bond acceptors (Lipinski definition) is 1. The van der Waals surface area contributed by atoms with E-state index in [1.807, 2.05) is 78.9 Å². The molecule has 131 valence electrons. The Hall–Kier alpha value is -1.65. The van der Waals surface area contributed by atoms with Crippen molar-refractivity contribution in [1.29, 1.82) is 0 Å². The fraction of sp³-hybridized carbons (Fsp3) is 0.0952. The van der Waals surface area contributed by atoms with Gasteiger partial charge >= 0.3 is 28.4 Å². The molecule has 0 spiro atoms. The molecule has 0 aromatic heterocycles. The number of anilines is 1. The molecule has 2 nitrogen and oxygen atoms in total. The van der Waals surface area contributed by atoms with Gasteiger partial charge in [-0.2, -0.15) is 0 Å². The average Bonchev–Trinajstić information content (AvgIpc) is 2.66. The van der Waals surface area contributed by atoms with Crippen LogP contribution in [0.1, 0.15) is 5.56 Å². The van der Waals surface area contributed by atoms with Gasteiger partial charge in [-0.1, -0.05) is 53.5 Å². The molecule has 0 heterocycles. The molecule has 3 rings (SSSR count). The molecule has 1 N–H and O–H groups in total. The number of nitrogens with one attached hydrogen (secondary N) is 1. The first kappa shape index (κ1) is 20.7. The van der Waals surface area contributed by atoms with Crippen molar-refractivity contribution in [3.05, 3.63) is 94.5 Å². The number of hydrogen-bond donors (Lipinski definition) is 1. The van der Waals surface area contributed by atoms with Crippen LogP contribution < -0.4 is 5.32 Å². The summed E-state index contributed by atoms with van der Waals surface area (Å²) in [6, 6.07) is 24.9. The number of nitrogens with zero attached hydrogens (tertiary/aromatic N) is 1. The van der Waals surface area contributed by atoms with Crippen LogP contribution in [0.3, 0.4) is 0 Å².